The minimum absolute atomic E-state index is 0.0257. The van der Waals surface area contributed by atoms with Crippen molar-refractivity contribution in [2.75, 3.05) is 13.1 Å². The molecule has 0 unspecified atom stereocenters. The maximum atomic E-state index is 13.2. The molecule has 0 N–H and O–H groups in total. The molecule has 0 radical (unpaired) electrons. The number of ketones is 1. The van der Waals surface area contributed by atoms with Crippen LogP contribution in [-0.2, 0) is 16.1 Å². The summed E-state index contributed by atoms with van der Waals surface area (Å²) in [5, 5.41) is 0. The van der Waals surface area contributed by atoms with Gasteiger partial charge in [0.15, 0.2) is 0 Å². The highest BCUT2D eigenvalue weighted by molar-refractivity contribution is 5.86. The highest BCUT2D eigenvalue weighted by Crippen LogP contribution is 2.25. The highest BCUT2D eigenvalue weighted by Gasteiger charge is 2.41. The standard InChI is InChI=1S/C14H15F2NO3/c15-14(16)7-9-17(8-6-12(14)18)13(19)20-10-11-4-2-1-3-5-11/h1-5H,6-10H2. The van der Waals surface area contributed by atoms with E-state index in [1.807, 2.05) is 18.2 Å². The topological polar surface area (TPSA) is 46.6 Å². The molecule has 6 heteroatoms. The number of rotatable bonds is 2. The number of alkyl halides is 2. The average molecular weight is 283 g/mol. The van der Waals surface area contributed by atoms with Gasteiger partial charge in [-0.2, -0.15) is 8.78 Å². The lowest BCUT2D eigenvalue weighted by molar-refractivity contribution is -0.142. The molecule has 1 aromatic carbocycles. The van der Waals surface area contributed by atoms with Crippen LogP contribution in [0, 0.1) is 0 Å². The first-order valence-corrected chi connectivity index (χ1v) is 6.36. The first kappa shape index (κ1) is 14.4. The van der Waals surface area contributed by atoms with E-state index in [4.69, 9.17) is 4.74 Å². The van der Waals surface area contributed by atoms with E-state index < -0.39 is 24.2 Å². The molecule has 108 valence electrons. The van der Waals surface area contributed by atoms with Crippen molar-refractivity contribution in [2.24, 2.45) is 0 Å². The van der Waals surface area contributed by atoms with Gasteiger partial charge in [0.05, 0.1) is 0 Å². The second-order valence-corrected chi connectivity index (χ2v) is 4.65. The fourth-order valence-electron chi connectivity index (χ4n) is 1.94. The van der Waals surface area contributed by atoms with Crippen molar-refractivity contribution in [3.63, 3.8) is 0 Å². The molecule has 1 aromatic rings. The van der Waals surface area contributed by atoms with Crippen LogP contribution in [0.1, 0.15) is 18.4 Å². The van der Waals surface area contributed by atoms with E-state index in [0.29, 0.717) is 0 Å². The van der Waals surface area contributed by atoms with Gasteiger partial charge < -0.3 is 9.64 Å². The van der Waals surface area contributed by atoms with Gasteiger partial charge in [0.2, 0.25) is 5.78 Å². The van der Waals surface area contributed by atoms with Crippen molar-refractivity contribution in [2.45, 2.75) is 25.4 Å². The number of halogens is 2. The Kier molecular flexibility index (Phi) is 4.32. The van der Waals surface area contributed by atoms with Crippen LogP contribution in [0.3, 0.4) is 0 Å². The Balaban J connectivity index is 1.88. The van der Waals surface area contributed by atoms with Crippen LogP contribution < -0.4 is 0 Å². The highest BCUT2D eigenvalue weighted by atomic mass is 19.3. The number of Topliss-reactive ketones (excluding diaryl/α,β-unsaturated/α-hetero) is 1. The zero-order valence-corrected chi connectivity index (χ0v) is 10.9. The van der Waals surface area contributed by atoms with Gasteiger partial charge in [-0.05, 0) is 5.56 Å². The molecule has 1 saturated heterocycles. The average Bonchev–Trinajstić information content (AvgIpc) is 2.57. The molecule has 1 amide bonds. The molecule has 0 atom stereocenters. The molecule has 0 aliphatic carbocycles. The molecule has 1 fully saturated rings. The minimum atomic E-state index is -3.34. The Morgan fingerprint density at radius 2 is 1.95 bits per heavy atom. The van der Waals surface area contributed by atoms with Crippen LogP contribution in [0.4, 0.5) is 13.6 Å². The Morgan fingerprint density at radius 1 is 1.25 bits per heavy atom. The smallest absolute Gasteiger partial charge is 0.410 e. The summed E-state index contributed by atoms with van der Waals surface area (Å²) in [6.45, 7) is -0.116. The van der Waals surface area contributed by atoms with Crippen molar-refractivity contribution in [3.05, 3.63) is 35.9 Å². The van der Waals surface area contributed by atoms with Crippen LogP contribution in [0.5, 0.6) is 0 Å². The van der Waals surface area contributed by atoms with Gasteiger partial charge in [0.1, 0.15) is 6.61 Å². The third-order valence-electron chi connectivity index (χ3n) is 3.18. The van der Waals surface area contributed by atoms with E-state index in [-0.39, 0.29) is 26.1 Å². The number of hydrogen-bond acceptors (Lipinski definition) is 3. The van der Waals surface area contributed by atoms with Gasteiger partial charge >= 0.3 is 12.0 Å². The SMILES string of the molecule is O=C(OCc1ccccc1)N1CCC(=O)C(F)(F)CC1. The summed E-state index contributed by atoms with van der Waals surface area (Å²) >= 11 is 0. The van der Waals surface area contributed by atoms with Crippen LogP contribution in [0.15, 0.2) is 30.3 Å². The maximum absolute atomic E-state index is 13.2. The molecule has 20 heavy (non-hydrogen) atoms. The number of hydrogen-bond donors (Lipinski definition) is 0. The maximum Gasteiger partial charge on any atom is 0.410 e. The molecule has 0 saturated carbocycles. The molecule has 0 bridgehead atoms. The monoisotopic (exact) mass is 283 g/mol. The lowest BCUT2D eigenvalue weighted by atomic mass is 10.1. The molecule has 1 aliphatic rings. The zero-order valence-electron chi connectivity index (χ0n) is 10.9. The Labute approximate surface area is 115 Å². The van der Waals surface area contributed by atoms with E-state index >= 15 is 0 Å². The summed E-state index contributed by atoms with van der Waals surface area (Å²) in [5.41, 5.74) is 0.817. The van der Waals surface area contributed by atoms with Crippen molar-refractivity contribution >= 4 is 11.9 Å². The normalized spacial score (nSPS) is 18.5. The third-order valence-corrected chi connectivity index (χ3v) is 3.18. The summed E-state index contributed by atoms with van der Waals surface area (Å²) < 4.78 is 31.5. The molecule has 0 spiro atoms. The van der Waals surface area contributed by atoms with Crippen molar-refractivity contribution in [3.8, 4) is 0 Å². The fourth-order valence-corrected chi connectivity index (χ4v) is 1.94. The first-order valence-electron chi connectivity index (χ1n) is 6.36. The van der Waals surface area contributed by atoms with Crippen molar-refractivity contribution in [1.29, 1.82) is 0 Å². The second kappa shape index (κ2) is 5.98. The van der Waals surface area contributed by atoms with Gasteiger partial charge in [0.25, 0.3) is 0 Å². The number of carbonyl (C=O) groups is 2. The van der Waals surface area contributed by atoms with Gasteiger partial charge in [-0.15, -0.1) is 0 Å². The summed E-state index contributed by atoms with van der Waals surface area (Å²) in [6.07, 6.45) is -1.65. The Morgan fingerprint density at radius 3 is 2.65 bits per heavy atom. The quantitative estimate of drug-likeness (QED) is 0.838. The van der Waals surface area contributed by atoms with Gasteiger partial charge in [0, 0.05) is 25.9 Å². The van der Waals surface area contributed by atoms with Crippen LogP contribution in [0.25, 0.3) is 0 Å². The predicted octanol–water partition coefficient (Wildman–Crippen LogP) is 2.62. The number of amides is 1. The number of ether oxygens (including phenoxy) is 1. The largest absolute Gasteiger partial charge is 0.445 e. The molecule has 2 rings (SSSR count). The van der Waals surface area contributed by atoms with E-state index in [0.717, 1.165) is 10.5 Å². The fraction of sp³-hybridized carbons (Fsp3) is 0.429. The van der Waals surface area contributed by atoms with Gasteiger partial charge in [-0.3, -0.25) is 4.79 Å². The van der Waals surface area contributed by atoms with E-state index in [9.17, 15) is 18.4 Å². The minimum Gasteiger partial charge on any atom is -0.445 e. The lowest BCUT2D eigenvalue weighted by Crippen LogP contribution is -2.33. The molecular formula is C14H15F2NO3. The van der Waals surface area contributed by atoms with Crippen molar-refractivity contribution in [1.82, 2.24) is 4.90 Å². The molecule has 1 heterocycles. The van der Waals surface area contributed by atoms with Crippen LogP contribution in [-0.4, -0.2) is 35.8 Å². The van der Waals surface area contributed by atoms with E-state index in [2.05, 4.69) is 0 Å². The summed E-state index contributed by atoms with van der Waals surface area (Å²) in [5.74, 6) is -4.45. The molecule has 0 aromatic heterocycles. The van der Waals surface area contributed by atoms with E-state index in [1.54, 1.807) is 12.1 Å². The van der Waals surface area contributed by atoms with Crippen molar-refractivity contribution < 1.29 is 23.1 Å². The summed E-state index contributed by atoms with van der Waals surface area (Å²) in [4.78, 5) is 24.1. The third kappa shape index (κ3) is 3.53. The van der Waals surface area contributed by atoms with Crippen LogP contribution in [0.2, 0.25) is 0 Å². The summed E-state index contributed by atoms with van der Waals surface area (Å²) in [6, 6.07) is 9.07. The number of likely N-dealkylation sites (tertiary alicyclic amines) is 1. The Bertz CT molecular complexity index is 490. The van der Waals surface area contributed by atoms with Gasteiger partial charge in [-0.1, -0.05) is 30.3 Å². The molecule has 1 aliphatic heterocycles. The molecular weight excluding hydrogens is 268 g/mol. The lowest BCUT2D eigenvalue weighted by Gasteiger charge is -2.19. The number of benzene rings is 1. The zero-order chi connectivity index (χ0) is 14.6. The second-order valence-electron chi connectivity index (χ2n) is 4.65. The predicted molar refractivity (Wildman–Crippen MR) is 67.4 cm³/mol. The van der Waals surface area contributed by atoms with Gasteiger partial charge in [-0.25, -0.2) is 4.79 Å². The van der Waals surface area contributed by atoms with E-state index in [1.165, 1.54) is 0 Å². The first-order chi connectivity index (χ1) is 9.49. The number of nitrogens with zero attached hydrogens (tertiary/aromatic N) is 1. The van der Waals surface area contributed by atoms with Crippen LogP contribution >= 0.6 is 0 Å². The molecule has 4 nitrogen and oxygen atoms in total. The number of carbonyl (C=O) groups excluding carboxylic acids is 2. The summed E-state index contributed by atoms with van der Waals surface area (Å²) in [7, 11) is 0. The Hall–Kier alpha value is -1.98.